The monoisotopic (exact) mass is 594 g/mol. The molecule has 0 radical (unpaired) electrons. The van der Waals surface area contributed by atoms with Crippen molar-refractivity contribution in [2.75, 3.05) is 13.2 Å². The van der Waals surface area contributed by atoms with Gasteiger partial charge in [-0.25, -0.2) is 4.99 Å². The minimum Gasteiger partial charge on any atom is -0.394 e. The first kappa shape index (κ1) is 32.3. The average Bonchev–Trinajstić information content (AvgIpc) is 2.96. The Morgan fingerprint density at radius 1 is 0.930 bits per heavy atom. The van der Waals surface area contributed by atoms with Gasteiger partial charge in [0.2, 0.25) is 23.6 Å². The van der Waals surface area contributed by atoms with Crippen molar-refractivity contribution in [3.8, 4) is 0 Å². The number of nitrogens with one attached hydrogen (secondary N) is 2. The summed E-state index contributed by atoms with van der Waals surface area (Å²) in [5.74, 6) is -2.82. The normalized spacial score (nSPS) is 15.3. The molecule has 1 aliphatic rings. The molecule has 43 heavy (non-hydrogen) atoms. The lowest BCUT2D eigenvalue weighted by Crippen LogP contribution is -2.59. The maximum atomic E-state index is 13.6. The molecule has 1 aliphatic heterocycles. The fourth-order valence-corrected chi connectivity index (χ4v) is 4.68. The molecule has 2 aromatic carbocycles. The van der Waals surface area contributed by atoms with Crippen LogP contribution >= 0.6 is 0 Å². The number of benzene rings is 2. The van der Waals surface area contributed by atoms with Gasteiger partial charge in [-0.3, -0.25) is 24.2 Å². The first-order chi connectivity index (χ1) is 20.5. The second-order valence-corrected chi connectivity index (χ2v) is 10.0. The molecule has 0 aliphatic carbocycles. The largest absolute Gasteiger partial charge is 0.394 e. The van der Waals surface area contributed by atoms with Gasteiger partial charge in [0.15, 0.2) is 11.9 Å². The Bertz CT molecular complexity index is 1370. The predicted molar refractivity (Wildman–Crippen MR) is 160 cm³/mol. The Labute approximate surface area is 248 Å². The minimum atomic E-state index is -1.41. The van der Waals surface area contributed by atoms with Gasteiger partial charge in [0.1, 0.15) is 18.1 Å². The third-order valence-electron chi connectivity index (χ3n) is 6.82. The number of nitrogens with zero attached hydrogens (tertiary/aromatic N) is 3. The van der Waals surface area contributed by atoms with Gasteiger partial charge in [-0.05, 0) is 41.7 Å². The molecule has 0 unspecified atom stereocenters. The highest BCUT2D eigenvalue weighted by atomic mass is 16.3. The first-order valence-corrected chi connectivity index (χ1v) is 13.6. The van der Waals surface area contributed by atoms with E-state index in [1.54, 1.807) is 30.3 Å². The number of hydrogen-bond acceptors (Lipinski definition) is 7. The summed E-state index contributed by atoms with van der Waals surface area (Å²) < 4.78 is 0. The van der Waals surface area contributed by atoms with Crippen molar-refractivity contribution in [1.82, 2.24) is 15.5 Å². The van der Waals surface area contributed by atoms with Crippen molar-refractivity contribution in [2.45, 2.75) is 50.4 Å². The van der Waals surface area contributed by atoms with E-state index in [-0.39, 0.29) is 50.2 Å². The Hall–Kier alpha value is -5.18. The summed E-state index contributed by atoms with van der Waals surface area (Å²) in [6, 6.07) is 10.8. The van der Waals surface area contributed by atoms with Crippen molar-refractivity contribution >= 4 is 41.2 Å². The fraction of sp³-hybridized carbons (Fsp3) is 0.357. The van der Waals surface area contributed by atoms with Crippen LogP contribution in [0.5, 0.6) is 0 Å². The van der Waals surface area contributed by atoms with Crippen LogP contribution in [-0.2, 0) is 38.6 Å². The van der Waals surface area contributed by atoms with E-state index < -0.39 is 42.5 Å². The number of hydrogen-bond donors (Lipinski definition) is 8. The number of primary amides is 1. The lowest BCUT2D eigenvalue weighted by Gasteiger charge is -2.37. The van der Waals surface area contributed by atoms with Crippen LogP contribution in [0.15, 0.2) is 58.5 Å². The molecular weight excluding hydrogens is 556 g/mol. The number of amides is 4. The zero-order valence-corrected chi connectivity index (χ0v) is 23.6. The van der Waals surface area contributed by atoms with E-state index in [1.165, 1.54) is 4.90 Å². The van der Waals surface area contributed by atoms with Crippen molar-refractivity contribution in [3.05, 3.63) is 65.2 Å². The van der Waals surface area contributed by atoms with E-state index in [0.717, 1.165) is 16.7 Å². The summed E-state index contributed by atoms with van der Waals surface area (Å²) in [6.07, 6.45) is 0.648. The van der Waals surface area contributed by atoms with Crippen LogP contribution in [0.2, 0.25) is 0 Å². The highest BCUT2D eigenvalue weighted by Crippen LogP contribution is 2.28. The molecule has 0 bridgehead atoms. The number of aliphatic imine (C=N–C) groups is 2. The van der Waals surface area contributed by atoms with Gasteiger partial charge in [0.25, 0.3) is 0 Å². The van der Waals surface area contributed by atoms with Gasteiger partial charge in [-0.2, -0.15) is 0 Å². The second-order valence-electron chi connectivity index (χ2n) is 10.0. The molecule has 0 spiro atoms. The summed E-state index contributed by atoms with van der Waals surface area (Å²) in [7, 11) is 0. The molecule has 15 heteroatoms. The minimum absolute atomic E-state index is 0.0393. The Balaban J connectivity index is 1.79. The van der Waals surface area contributed by atoms with E-state index in [0.29, 0.717) is 12.1 Å². The van der Waals surface area contributed by atoms with Crippen LogP contribution in [-0.4, -0.2) is 76.8 Å². The van der Waals surface area contributed by atoms with E-state index in [2.05, 4.69) is 20.6 Å². The fourth-order valence-electron chi connectivity index (χ4n) is 4.68. The first-order valence-electron chi connectivity index (χ1n) is 13.6. The van der Waals surface area contributed by atoms with Crippen molar-refractivity contribution in [1.29, 1.82) is 0 Å². The summed E-state index contributed by atoms with van der Waals surface area (Å²) in [5.41, 5.74) is 29.8. The summed E-state index contributed by atoms with van der Waals surface area (Å²) in [5, 5.41) is 14.9. The van der Waals surface area contributed by atoms with Crippen LogP contribution in [0.1, 0.15) is 29.5 Å². The lowest BCUT2D eigenvalue weighted by atomic mass is 9.92. The zero-order chi connectivity index (χ0) is 31.5. The van der Waals surface area contributed by atoms with Gasteiger partial charge in [-0.1, -0.05) is 36.4 Å². The smallest absolute Gasteiger partial charge is 0.245 e. The highest BCUT2D eigenvalue weighted by molar-refractivity contribution is 5.94. The number of aliphatic hydroxyl groups excluding tert-OH is 1. The van der Waals surface area contributed by atoms with Crippen LogP contribution < -0.4 is 39.3 Å². The molecule has 13 N–H and O–H groups in total. The number of carbonyl (C=O) groups excluding carboxylic acids is 4. The summed E-state index contributed by atoms with van der Waals surface area (Å²) in [4.78, 5) is 61.3. The summed E-state index contributed by atoms with van der Waals surface area (Å²) in [6.45, 7) is -0.464. The molecule has 15 nitrogen and oxygen atoms in total. The third-order valence-corrected chi connectivity index (χ3v) is 6.82. The van der Waals surface area contributed by atoms with Crippen molar-refractivity contribution in [2.24, 2.45) is 38.7 Å². The topological polar surface area (TPSA) is 271 Å². The Kier molecular flexibility index (Phi) is 11.4. The Morgan fingerprint density at radius 2 is 1.65 bits per heavy atom. The van der Waals surface area contributed by atoms with Crippen molar-refractivity contribution in [3.63, 3.8) is 0 Å². The SMILES string of the molecule is NC(=O)[C@H](CCCN=C(N)N)NC(=O)[C@H](CO)NC(=O)[C@@H]1Cc2ccc(N=C(N)N)cc2CN1C(=O)Cc1ccccc1. The Morgan fingerprint density at radius 3 is 2.28 bits per heavy atom. The van der Waals surface area contributed by atoms with E-state index >= 15 is 0 Å². The molecule has 0 saturated heterocycles. The number of aliphatic hydroxyl groups is 1. The standard InChI is InChI=1S/C28H38N10O5/c29-24(41)20(7-4-10-34-27(30)31)36-25(42)21(15-39)37-26(43)22-13-17-8-9-19(35-28(32)33)12-18(17)14-38(22)23(40)11-16-5-2-1-3-6-16/h1-3,5-6,8-9,12,20-22,39H,4,7,10-11,13-15H2,(H2,29,41)(H,36,42)(H,37,43)(H4,30,31,34)(H4,32,33,35)/t20-,21-,22-/m0/s1. The van der Waals surface area contributed by atoms with Gasteiger partial charge in [0.05, 0.1) is 18.7 Å². The molecule has 1 heterocycles. The average molecular weight is 595 g/mol. The van der Waals surface area contributed by atoms with Crippen LogP contribution in [0.3, 0.4) is 0 Å². The number of guanidine groups is 2. The van der Waals surface area contributed by atoms with E-state index in [1.807, 2.05) is 18.2 Å². The number of nitrogens with two attached hydrogens (primary N) is 5. The van der Waals surface area contributed by atoms with Crippen LogP contribution in [0.4, 0.5) is 5.69 Å². The maximum absolute atomic E-state index is 13.6. The quantitative estimate of drug-likeness (QED) is 0.0695. The highest BCUT2D eigenvalue weighted by Gasteiger charge is 2.36. The molecular formula is C28H38N10O5. The number of carbonyl (C=O) groups is 4. The van der Waals surface area contributed by atoms with Gasteiger partial charge < -0.3 is 49.3 Å². The van der Waals surface area contributed by atoms with Crippen molar-refractivity contribution < 1.29 is 24.3 Å². The third kappa shape index (κ3) is 9.43. The van der Waals surface area contributed by atoms with Gasteiger partial charge in [-0.15, -0.1) is 0 Å². The molecule has 0 saturated carbocycles. The zero-order valence-electron chi connectivity index (χ0n) is 23.6. The molecule has 3 atom stereocenters. The van der Waals surface area contributed by atoms with Crippen LogP contribution in [0, 0.1) is 0 Å². The molecule has 230 valence electrons. The molecule has 0 fully saturated rings. The van der Waals surface area contributed by atoms with Crippen LogP contribution in [0.25, 0.3) is 0 Å². The van der Waals surface area contributed by atoms with E-state index in [9.17, 15) is 24.3 Å². The number of rotatable bonds is 13. The lowest BCUT2D eigenvalue weighted by molar-refractivity contribution is -0.142. The van der Waals surface area contributed by atoms with Gasteiger partial charge in [0, 0.05) is 19.5 Å². The molecule has 0 aromatic heterocycles. The summed E-state index contributed by atoms with van der Waals surface area (Å²) >= 11 is 0. The molecule has 4 amide bonds. The molecule has 2 aromatic rings. The van der Waals surface area contributed by atoms with E-state index in [4.69, 9.17) is 28.7 Å². The maximum Gasteiger partial charge on any atom is 0.245 e. The number of fused-ring (bicyclic) bond motifs is 1. The predicted octanol–water partition coefficient (Wildman–Crippen LogP) is -2.41. The second kappa shape index (κ2) is 15.2. The molecule has 3 rings (SSSR count). The van der Waals surface area contributed by atoms with Gasteiger partial charge >= 0.3 is 0 Å².